The van der Waals surface area contributed by atoms with Gasteiger partial charge < -0.3 is 15.0 Å². The van der Waals surface area contributed by atoms with E-state index in [-0.39, 0.29) is 11.1 Å². The van der Waals surface area contributed by atoms with Crippen LogP contribution in [0, 0.1) is 11.8 Å². The number of carbonyl (C=O) groups excluding carboxylic acids is 5. The van der Waals surface area contributed by atoms with Crippen LogP contribution in [0.2, 0.25) is 0 Å². The minimum Gasteiger partial charge on any atom is -0.467 e. The zero-order valence-electron chi connectivity index (χ0n) is 24.9. The Morgan fingerprint density at radius 1 is 0.884 bits per heavy atom. The molecular formula is C31H36F3N3O6. The highest BCUT2D eigenvalue weighted by atomic mass is 19.4. The van der Waals surface area contributed by atoms with Gasteiger partial charge in [-0.3, -0.25) is 24.1 Å². The fraction of sp³-hybridized carbons (Fsp3) is 0.452. The lowest BCUT2D eigenvalue weighted by Crippen LogP contribution is -2.68. The molecule has 1 heterocycles. The van der Waals surface area contributed by atoms with Gasteiger partial charge in [-0.15, -0.1) is 0 Å². The highest BCUT2D eigenvalue weighted by molar-refractivity contribution is 6.22. The number of hydrogen-bond acceptors (Lipinski definition) is 6. The number of hydrogen-bond donors (Lipinski definition) is 1. The van der Waals surface area contributed by atoms with Crippen molar-refractivity contribution < 1.29 is 41.9 Å². The molecule has 0 saturated carbocycles. The van der Waals surface area contributed by atoms with Crippen molar-refractivity contribution in [3.05, 3.63) is 71.3 Å². The van der Waals surface area contributed by atoms with Crippen LogP contribution in [0.4, 0.5) is 13.2 Å². The van der Waals surface area contributed by atoms with Gasteiger partial charge in [0.05, 0.1) is 24.3 Å². The van der Waals surface area contributed by atoms with Crippen molar-refractivity contribution in [3.63, 3.8) is 0 Å². The molecule has 12 heteroatoms. The zero-order valence-corrected chi connectivity index (χ0v) is 24.9. The van der Waals surface area contributed by atoms with Gasteiger partial charge in [0, 0.05) is 0 Å². The summed E-state index contributed by atoms with van der Waals surface area (Å²) < 4.78 is 48.3. The summed E-state index contributed by atoms with van der Waals surface area (Å²) in [6, 6.07) is 12.1. The molecule has 0 saturated heterocycles. The quantitative estimate of drug-likeness (QED) is 0.298. The number of methoxy groups -OCH3 is 1. The molecule has 0 fully saturated rings. The molecule has 4 amide bonds. The van der Waals surface area contributed by atoms with E-state index >= 15 is 0 Å². The van der Waals surface area contributed by atoms with Crippen molar-refractivity contribution in [3.8, 4) is 0 Å². The minimum atomic E-state index is -5.23. The van der Waals surface area contributed by atoms with Crippen LogP contribution in [-0.4, -0.2) is 70.8 Å². The summed E-state index contributed by atoms with van der Waals surface area (Å²) in [5.41, 5.74) is -2.60. The normalized spacial score (nSPS) is 16.0. The average Bonchev–Trinajstić information content (AvgIpc) is 3.18. The van der Waals surface area contributed by atoms with Crippen molar-refractivity contribution in [2.75, 3.05) is 13.7 Å². The van der Waals surface area contributed by atoms with Gasteiger partial charge in [0.2, 0.25) is 17.4 Å². The third-order valence-corrected chi connectivity index (χ3v) is 7.43. The highest BCUT2D eigenvalue weighted by Crippen LogP contribution is 2.38. The predicted molar refractivity (Wildman–Crippen MR) is 151 cm³/mol. The SMILES string of the molecule is COC(=O)C(CC(C)C)(NC(=O)C(C(C)C)N(C(=O)CN1C(=O)c2ccccc2C1=O)[C@@H](C)c1ccccc1)C(F)(F)F. The van der Waals surface area contributed by atoms with Crippen molar-refractivity contribution in [1.29, 1.82) is 0 Å². The number of imide groups is 1. The molecule has 2 unspecified atom stereocenters. The van der Waals surface area contributed by atoms with Crippen LogP contribution in [0.3, 0.4) is 0 Å². The second kappa shape index (κ2) is 13.0. The molecule has 0 aromatic heterocycles. The van der Waals surface area contributed by atoms with E-state index in [1.807, 2.05) is 5.32 Å². The Morgan fingerprint density at radius 3 is 1.84 bits per heavy atom. The number of ether oxygens (including phenoxy) is 1. The van der Waals surface area contributed by atoms with E-state index in [0.29, 0.717) is 5.56 Å². The molecule has 2 aromatic rings. The van der Waals surface area contributed by atoms with Crippen LogP contribution in [0.15, 0.2) is 54.6 Å². The monoisotopic (exact) mass is 603 g/mol. The molecular weight excluding hydrogens is 567 g/mol. The topological polar surface area (TPSA) is 113 Å². The lowest BCUT2D eigenvalue weighted by Gasteiger charge is -2.41. The van der Waals surface area contributed by atoms with Crippen LogP contribution in [-0.2, 0) is 19.1 Å². The van der Waals surface area contributed by atoms with Gasteiger partial charge >= 0.3 is 12.1 Å². The van der Waals surface area contributed by atoms with Crippen LogP contribution < -0.4 is 5.32 Å². The molecule has 1 N–H and O–H groups in total. The average molecular weight is 604 g/mol. The Kier molecular flexibility index (Phi) is 10.0. The number of rotatable bonds is 11. The van der Waals surface area contributed by atoms with Crippen molar-refractivity contribution in [1.82, 2.24) is 15.1 Å². The first kappa shape index (κ1) is 33.3. The first-order chi connectivity index (χ1) is 20.1. The van der Waals surface area contributed by atoms with Crippen LogP contribution in [0.5, 0.6) is 0 Å². The van der Waals surface area contributed by atoms with Crippen molar-refractivity contribution in [2.45, 2.75) is 64.8 Å². The maximum atomic E-state index is 14.6. The molecule has 9 nitrogen and oxygen atoms in total. The van der Waals surface area contributed by atoms with Crippen molar-refractivity contribution in [2.24, 2.45) is 11.8 Å². The first-order valence-corrected chi connectivity index (χ1v) is 13.9. The molecule has 0 spiro atoms. The van der Waals surface area contributed by atoms with E-state index in [2.05, 4.69) is 4.74 Å². The number of benzene rings is 2. The van der Waals surface area contributed by atoms with Gasteiger partial charge in [0.25, 0.3) is 11.8 Å². The Balaban J connectivity index is 2.09. The summed E-state index contributed by atoms with van der Waals surface area (Å²) in [7, 11) is 0.796. The molecule has 1 aliphatic rings. The van der Waals surface area contributed by atoms with E-state index in [1.54, 1.807) is 63.2 Å². The molecule has 3 rings (SSSR count). The Hall–Kier alpha value is -4.22. The maximum Gasteiger partial charge on any atom is 0.422 e. The number of amides is 4. The van der Waals surface area contributed by atoms with Gasteiger partial charge in [0.15, 0.2) is 0 Å². The minimum absolute atomic E-state index is 0.114. The number of alkyl halides is 3. The summed E-state index contributed by atoms with van der Waals surface area (Å²) in [6.07, 6.45) is -6.04. The van der Waals surface area contributed by atoms with Crippen LogP contribution in [0.1, 0.15) is 73.4 Å². The Labute approximate surface area is 248 Å². The highest BCUT2D eigenvalue weighted by Gasteiger charge is 2.63. The fourth-order valence-electron chi connectivity index (χ4n) is 5.41. The zero-order chi connectivity index (χ0) is 32.3. The van der Waals surface area contributed by atoms with E-state index < -0.39 is 78.2 Å². The van der Waals surface area contributed by atoms with E-state index in [4.69, 9.17) is 0 Å². The second-order valence-electron chi connectivity index (χ2n) is 11.3. The van der Waals surface area contributed by atoms with Gasteiger partial charge in [-0.1, -0.05) is 70.2 Å². The largest absolute Gasteiger partial charge is 0.467 e. The lowest BCUT2D eigenvalue weighted by atomic mass is 9.86. The standard InChI is InChI=1S/C31H36F3N3O6/c1-18(2)16-30(29(42)43-6,31(32,33)34)35-26(39)25(19(3)4)37(20(5)21-12-8-7-9-13-21)24(38)17-36-27(40)22-14-10-11-15-23(22)28(36)41/h7-15,18-20,25H,16-17H2,1-6H3,(H,35,39)/t20-,25?,30?/m0/s1. The maximum absolute atomic E-state index is 14.6. The van der Waals surface area contributed by atoms with Crippen LogP contribution in [0.25, 0.3) is 0 Å². The van der Waals surface area contributed by atoms with Gasteiger partial charge in [-0.2, -0.15) is 13.2 Å². The van der Waals surface area contributed by atoms with Gasteiger partial charge in [-0.25, -0.2) is 4.79 Å². The second-order valence-corrected chi connectivity index (χ2v) is 11.3. The number of fused-ring (bicyclic) bond motifs is 1. The number of carbonyl (C=O) groups is 5. The third kappa shape index (κ3) is 6.57. The number of nitrogens with one attached hydrogen (secondary N) is 1. The van der Waals surface area contributed by atoms with Crippen molar-refractivity contribution >= 4 is 29.6 Å². The molecule has 1 aliphatic heterocycles. The van der Waals surface area contributed by atoms with E-state index in [9.17, 15) is 37.1 Å². The first-order valence-electron chi connectivity index (χ1n) is 13.9. The molecule has 2 aromatic carbocycles. The predicted octanol–water partition coefficient (Wildman–Crippen LogP) is 4.53. The summed E-state index contributed by atoms with van der Waals surface area (Å²) in [4.78, 5) is 68.5. The molecule has 0 radical (unpaired) electrons. The summed E-state index contributed by atoms with van der Waals surface area (Å²) in [5.74, 6) is -6.63. The van der Waals surface area contributed by atoms with Gasteiger partial charge in [0.1, 0.15) is 12.6 Å². The number of esters is 1. The lowest BCUT2D eigenvalue weighted by molar-refractivity contribution is -0.217. The third-order valence-electron chi connectivity index (χ3n) is 7.43. The molecule has 3 atom stereocenters. The fourth-order valence-corrected chi connectivity index (χ4v) is 5.41. The van der Waals surface area contributed by atoms with Crippen LogP contribution >= 0.6 is 0 Å². The molecule has 0 aliphatic carbocycles. The van der Waals surface area contributed by atoms with E-state index in [1.165, 1.54) is 26.0 Å². The summed E-state index contributed by atoms with van der Waals surface area (Å²) >= 11 is 0. The smallest absolute Gasteiger partial charge is 0.422 e. The number of nitrogens with zero attached hydrogens (tertiary/aromatic N) is 2. The molecule has 0 bridgehead atoms. The summed E-state index contributed by atoms with van der Waals surface area (Å²) in [5, 5.41) is 1.92. The van der Waals surface area contributed by atoms with Gasteiger partial charge in [-0.05, 0) is 42.9 Å². The van der Waals surface area contributed by atoms with E-state index in [0.717, 1.165) is 16.9 Å². The molecule has 43 heavy (non-hydrogen) atoms. The molecule has 232 valence electrons. The summed E-state index contributed by atoms with van der Waals surface area (Å²) in [6.45, 7) is 6.84. The Morgan fingerprint density at radius 2 is 1.40 bits per heavy atom. The number of halogens is 3. The Bertz CT molecular complexity index is 1340.